The molecule has 0 atom stereocenters. The van der Waals surface area contributed by atoms with Crippen molar-refractivity contribution in [3.63, 3.8) is 0 Å². The molecule has 0 aliphatic carbocycles. The Labute approximate surface area is 117 Å². The van der Waals surface area contributed by atoms with Gasteiger partial charge in [0.1, 0.15) is 0 Å². The minimum Gasteiger partial charge on any atom is -0.305 e. The van der Waals surface area contributed by atoms with Gasteiger partial charge in [0.05, 0.1) is 12.0 Å². The molecule has 0 N–H and O–H groups in total. The van der Waals surface area contributed by atoms with Crippen LogP contribution in [-0.2, 0) is 5.88 Å². The molecule has 3 rings (SSSR count). The maximum absolute atomic E-state index is 5.82. The Morgan fingerprint density at radius 3 is 2.68 bits per heavy atom. The highest BCUT2D eigenvalue weighted by atomic mass is 35.5. The molecule has 1 radical (unpaired) electrons. The second-order valence-electron chi connectivity index (χ2n) is 4.23. The molecule has 93 valence electrons. The van der Waals surface area contributed by atoms with Crippen molar-refractivity contribution in [1.82, 2.24) is 9.55 Å². The number of benzene rings is 2. The third-order valence-electron chi connectivity index (χ3n) is 3.02. The van der Waals surface area contributed by atoms with Crippen LogP contribution in [0.3, 0.4) is 0 Å². The first kappa shape index (κ1) is 12.0. The van der Waals surface area contributed by atoms with Crippen molar-refractivity contribution >= 4 is 11.6 Å². The summed E-state index contributed by atoms with van der Waals surface area (Å²) in [6.07, 6.45) is 5.46. The van der Waals surface area contributed by atoms with Gasteiger partial charge >= 0.3 is 0 Å². The predicted octanol–water partition coefficient (Wildman–Crippen LogP) is 4.08. The van der Waals surface area contributed by atoms with Crippen LogP contribution >= 0.6 is 11.6 Å². The van der Waals surface area contributed by atoms with Crippen molar-refractivity contribution in [2.45, 2.75) is 5.88 Å². The number of rotatable bonds is 3. The molecule has 1 heterocycles. The molecule has 0 aliphatic heterocycles. The molecule has 0 unspecified atom stereocenters. The summed E-state index contributed by atoms with van der Waals surface area (Å²) in [6, 6.07) is 17.5. The van der Waals surface area contributed by atoms with Crippen LogP contribution in [0.25, 0.3) is 16.8 Å². The third kappa shape index (κ3) is 2.40. The SMILES string of the molecule is ClCc1ccc(-c2ccc[c]c2-n2ccnc2)cc1. The van der Waals surface area contributed by atoms with Gasteiger partial charge in [-0.25, -0.2) is 4.98 Å². The highest BCUT2D eigenvalue weighted by molar-refractivity contribution is 6.17. The maximum atomic E-state index is 5.82. The molecule has 0 saturated carbocycles. The fraction of sp³-hybridized carbons (Fsp3) is 0.0625. The van der Waals surface area contributed by atoms with Crippen LogP contribution in [-0.4, -0.2) is 9.55 Å². The lowest BCUT2D eigenvalue weighted by atomic mass is 10.0. The average Bonchev–Trinajstić information content (AvgIpc) is 3.01. The van der Waals surface area contributed by atoms with E-state index in [9.17, 15) is 0 Å². The van der Waals surface area contributed by atoms with Crippen LogP contribution in [0.5, 0.6) is 0 Å². The van der Waals surface area contributed by atoms with Crippen molar-refractivity contribution < 1.29 is 0 Å². The molecule has 0 spiro atoms. The van der Waals surface area contributed by atoms with E-state index in [2.05, 4.69) is 29.2 Å². The zero-order valence-corrected chi connectivity index (χ0v) is 11.0. The molecule has 0 fully saturated rings. The van der Waals surface area contributed by atoms with E-state index in [0.717, 1.165) is 22.4 Å². The number of hydrogen-bond donors (Lipinski definition) is 0. The zero-order chi connectivity index (χ0) is 13.1. The first-order valence-corrected chi connectivity index (χ1v) is 6.56. The molecular weight excluding hydrogens is 256 g/mol. The Balaban J connectivity index is 2.09. The van der Waals surface area contributed by atoms with Crippen LogP contribution in [0.2, 0.25) is 0 Å². The van der Waals surface area contributed by atoms with Gasteiger partial charge in [0.25, 0.3) is 0 Å². The lowest BCUT2D eigenvalue weighted by Gasteiger charge is -2.10. The molecule has 0 amide bonds. The van der Waals surface area contributed by atoms with Crippen molar-refractivity contribution in [2.75, 3.05) is 0 Å². The lowest BCUT2D eigenvalue weighted by molar-refractivity contribution is 1.06. The maximum Gasteiger partial charge on any atom is 0.0992 e. The number of hydrogen-bond acceptors (Lipinski definition) is 1. The van der Waals surface area contributed by atoms with Crippen LogP contribution in [0, 0.1) is 6.07 Å². The Morgan fingerprint density at radius 1 is 1.16 bits per heavy atom. The monoisotopic (exact) mass is 267 g/mol. The highest BCUT2D eigenvalue weighted by Gasteiger charge is 2.06. The van der Waals surface area contributed by atoms with Crippen LogP contribution < -0.4 is 0 Å². The van der Waals surface area contributed by atoms with Gasteiger partial charge in [0.15, 0.2) is 0 Å². The van der Waals surface area contributed by atoms with Crippen LogP contribution in [0.4, 0.5) is 0 Å². The molecular formula is C16H12ClN2. The molecule has 0 aliphatic rings. The van der Waals surface area contributed by atoms with E-state index < -0.39 is 0 Å². The highest BCUT2D eigenvalue weighted by Crippen LogP contribution is 2.26. The molecule has 1 aromatic heterocycles. The van der Waals surface area contributed by atoms with Crippen LogP contribution in [0.15, 0.2) is 61.2 Å². The molecule has 3 heteroatoms. The second-order valence-corrected chi connectivity index (χ2v) is 4.50. The summed E-state index contributed by atoms with van der Waals surface area (Å²) in [5.41, 5.74) is 4.39. The summed E-state index contributed by atoms with van der Waals surface area (Å²) in [6.45, 7) is 0. The summed E-state index contributed by atoms with van der Waals surface area (Å²) < 4.78 is 1.96. The van der Waals surface area contributed by atoms with Gasteiger partial charge in [-0.1, -0.05) is 42.5 Å². The molecule has 0 saturated heterocycles. The van der Waals surface area contributed by atoms with E-state index in [0.29, 0.717) is 5.88 Å². The van der Waals surface area contributed by atoms with Crippen molar-refractivity contribution in [2.24, 2.45) is 0 Å². The Bertz CT molecular complexity index is 657. The number of halogens is 1. The van der Waals surface area contributed by atoms with E-state index in [1.54, 1.807) is 12.5 Å². The van der Waals surface area contributed by atoms with E-state index >= 15 is 0 Å². The Morgan fingerprint density at radius 2 is 2.00 bits per heavy atom. The van der Waals surface area contributed by atoms with Crippen LogP contribution in [0.1, 0.15) is 5.56 Å². The molecule has 3 aromatic rings. The lowest BCUT2D eigenvalue weighted by Crippen LogP contribution is -1.94. The third-order valence-corrected chi connectivity index (χ3v) is 3.32. The largest absolute Gasteiger partial charge is 0.305 e. The molecule has 19 heavy (non-hydrogen) atoms. The fourth-order valence-corrected chi connectivity index (χ4v) is 2.22. The number of alkyl halides is 1. The Kier molecular flexibility index (Phi) is 3.34. The van der Waals surface area contributed by atoms with E-state index in [1.165, 1.54) is 0 Å². The van der Waals surface area contributed by atoms with E-state index in [4.69, 9.17) is 11.6 Å². The number of nitrogens with zero attached hydrogens (tertiary/aromatic N) is 2. The standard InChI is InChI=1S/C16H12ClN2/c17-11-13-5-7-14(8-6-13)15-3-1-2-4-16(15)19-10-9-18-12-19/h1-3,5-10,12H,11H2. The quantitative estimate of drug-likeness (QED) is 0.654. The van der Waals surface area contributed by atoms with Gasteiger partial charge in [-0.2, -0.15) is 0 Å². The zero-order valence-electron chi connectivity index (χ0n) is 10.3. The molecule has 0 bridgehead atoms. The first-order valence-electron chi connectivity index (χ1n) is 6.03. The Hall–Kier alpha value is -2.06. The van der Waals surface area contributed by atoms with E-state index in [1.807, 2.05) is 35.0 Å². The first-order chi connectivity index (χ1) is 9.38. The average molecular weight is 268 g/mol. The molecule has 2 aromatic carbocycles. The topological polar surface area (TPSA) is 17.8 Å². The summed E-state index contributed by atoms with van der Waals surface area (Å²) in [5.74, 6) is 0.537. The number of para-hydroxylation sites is 1. The van der Waals surface area contributed by atoms with Gasteiger partial charge < -0.3 is 4.57 Å². The predicted molar refractivity (Wildman–Crippen MR) is 77.4 cm³/mol. The van der Waals surface area contributed by atoms with Gasteiger partial charge in [0, 0.05) is 29.9 Å². The van der Waals surface area contributed by atoms with Gasteiger partial charge in [-0.3, -0.25) is 0 Å². The summed E-state index contributed by atoms with van der Waals surface area (Å²) in [5, 5.41) is 0. The number of aromatic nitrogens is 2. The van der Waals surface area contributed by atoms with E-state index in [-0.39, 0.29) is 0 Å². The van der Waals surface area contributed by atoms with Crippen molar-refractivity contribution in [3.05, 3.63) is 72.8 Å². The fourth-order valence-electron chi connectivity index (χ4n) is 2.04. The second kappa shape index (κ2) is 5.29. The summed E-state index contributed by atoms with van der Waals surface area (Å²) in [7, 11) is 0. The number of imidazole rings is 1. The van der Waals surface area contributed by atoms with Crippen molar-refractivity contribution in [1.29, 1.82) is 0 Å². The van der Waals surface area contributed by atoms with Gasteiger partial charge in [0.2, 0.25) is 0 Å². The van der Waals surface area contributed by atoms with Gasteiger partial charge in [-0.15, -0.1) is 11.6 Å². The smallest absolute Gasteiger partial charge is 0.0992 e. The normalized spacial score (nSPS) is 10.6. The minimum atomic E-state index is 0.537. The summed E-state index contributed by atoms with van der Waals surface area (Å²) in [4.78, 5) is 4.09. The van der Waals surface area contributed by atoms with Crippen molar-refractivity contribution in [3.8, 4) is 16.8 Å². The molecule has 2 nitrogen and oxygen atoms in total. The summed E-state index contributed by atoms with van der Waals surface area (Å²) >= 11 is 5.82. The minimum absolute atomic E-state index is 0.537. The van der Waals surface area contributed by atoms with Gasteiger partial charge in [-0.05, 0) is 11.1 Å².